The second-order valence-corrected chi connectivity index (χ2v) is 10.8. The molecule has 200 valence electrons. The van der Waals surface area contributed by atoms with Crippen LogP contribution in [0.5, 0.6) is 11.5 Å². The number of carboxylic acid groups (broad SMARTS) is 1. The van der Waals surface area contributed by atoms with Crippen LogP contribution in [-0.4, -0.2) is 82.5 Å². The number of hydrogen-bond donors (Lipinski definition) is 2. The van der Waals surface area contributed by atoms with E-state index < -0.39 is 47.0 Å². The van der Waals surface area contributed by atoms with E-state index in [1.165, 1.54) is 0 Å². The van der Waals surface area contributed by atoms with Gasteiger partial charge in [0.15, 0.2) is 17.6 Å². The number of aliphatic carboxylic acids is 1. The standard InChI is InChI=1S/C27H34N2O8/c1-6-19(30)29(21(14(2)3)24(31)32)25(33)36-17-9-10-27(34)18-13-15-7-8-16(35-5)22-20(15)26(27,23(17)37-22)11-12-28(18)4/h7-9,14,18,21,23,34H,6,10-13H2,1-5H3,(H,31,32)/t18-,21+,23+,26+,27-/m1/s1. The maximum absolute atomic E-state index is 13.4. The van der Waals surface area contributed by atoms with Crippen molar-refractivity contribution >= 4 is 18.0 Å². The van der Waals surface area contributed by atoms with Gasteiger partial charge in [-0.05, 0) is 50.1 Å². The first-order valence-corrected chi connectivity index (χ1v) is 12.8. The molecule has 1 fully saturated rings. The van der Waals surface area contributed by atoms with Crippen molar-refractivity contribution in [3.05, 3.63) is 35.1 Å². The van der Waals surface area contributed by atoms with E-state index in [1.807, 2.05) is 19.2 Å². The van der Waals surface area contributed by atoms with Gasteiger partial charge in [-0.3, -0.25) is 4.79 Å². The summed E-state index contributed by atoms with van der Waals surface area (Å²) in [6.07, 6.45) is 1.11. The lowest BCUT2D eigenvalue weighted by Gasteiger charge is -2.61. The van der Waals surface area contributed by atoms with E-state index in [-0.39, 0.29) is 24.6 Å². The Labute approximate surface area is 215 Å². The molecular weight excluding hydrogens is 480 g/mol. The maximum atomic E-state index is 13.4. The van der Waals surface area contributed by atoms with Gasteiger partial charge in [0.1, 0.15) is 11.8 Å². The summed E-state index contributed by atoms with van der Waals surface area (Å²) in [7, 11) is 3.55. The van der Waals surface area contributed by atoms with Crippen LogP contribution in [-0.2, 0) is 26.2 Å². The first kappa shape index (κ1) is 25.5. The van der Waals surface area contributed by atoms with Crippen LogP contribution in [0.25, 0.3) is 0 Å². The SMILES string of the molecule is CCC(=O)N(C(=O)OC1=CC[C@@]2(O)[C@H]3Cc4ccc(OC)c5c4[C@@]2(CCN3C)[C@H]1O5)[C@H](C(=O)O)C(C)C. The lowest BCUT2D eigenvalue weighted by atomic mass is 9.50. The highest BCUT2D eigenvalue weighted by Gasteiger charge is 2.72. The summed E-state index contributed by atoms with van der Waals surface area (Å²) in [5, 5.41) is 22.1. The van der Waals surface area contributed by atoms with Crippen molar-refractivity contribution < 1.29 is 38.8 Å². The molecule has 10 nitrogen and oxygen atoms in total. The Kier molecular flexibility index (Phi) is 6.03. The van der Waals surface area contributed by atoms with Crippen LogP contribution in [0, 0.1) is 5.92 Å². The van der Waals surface area contributed by atoms with E-state index in [4.69, 9.17) is 14.2 Å². The number of carbonyl (C=O) groups excluding carboxylic acids is 2. The van der Waals surface area contributed by atoms with Crippen LogP contribution in [0.2, 0.25) is 0 Å². The Morgan fingerprint density at radius 3 is 2.65 bits per heavy atom. The molecule has 5 atom stereocenters. The lowest BCUT2D eigenvalue weighted by molar-refractivity contribution is -0.164. The zero-order valence-electron chi connectivity index (χ0n) is 21.8. The number of aliphatic hydroxyl groups is 1. The average Bonchev–Trinajstić information content (AvgIpc) is 3.21. The molecule has 5 rings (SSSR count). The first-order chi connectivity index (χ1) is 17.5. The molecule has 10 heteroatoms. The third-order valence-corrected chi connectivity index (χ3v) is 8.69. The zero-order chi connectivity index (χ0) is 26.9. The molecule has 2 N–H and O–H groups in total. The second-order valence-electron chi connectivity index (χ2n) is 10.8. The predicted molar refractivity (Wildman–Crippen MR) is 131 cm³/mol. The van der Waals surface area contributed by atoms with Gasteiger partial charge in [-0.1, -0.05) is 26.8 Å². The fourth-order valence-electron chi connectivity index (χ4n) is 6.97. The van der Waals surface area contributed by atoms with Crippen molar-refractivity contribution in [1.29, 1.82) is 0 Å². The van der Waals surface area contributed by atoms with E-state index in [2.05, 4.69) is 4.90 Å². The van der Waals surface area contributed by atoms with Crippen molar-refractivity contribution in [3.8, 4) is 11.5 Å². The van der Waals surface area contributed by atoms with E-state index in [1.54, 1.807) is 34.0 Å². The highest BCUT2D eigenvalue weighted by molar-refractivity contribution is 5.96. The Hall–Kier alpha value is -3.11. The van der Waals surface area contributed by atoms with E-state index in [0.717, 1.165) is 11.1 Å². The number of rotatable bonds is 6. The van der Waals surface area contributed by atoms with Crippen molar-refractivity contribution in [2.45, 2.75) is 75.7 Å². The number of carboxylic acids is 1. The number of carbonyl (C=O) groups is 3. The molecule has 0 unspecified atom stereocenters. The topological polar surface area (TPSA) is 126 Å². The summed E-state index contributed by atoms with van der Waals surface area (Å²) in [5.41, 5.74) is -0.111. The molecule has 2 amide bonds. The second kappa shape index (κ2) is 8.73. The number of piperidine rings is 1. The number of nitrogens with zero attached hydrogens (tertiary/aromatic N) is 2. The normalized spacial score (nSPS) is 30.1. The van der Waals surface area contributed by atoms with E-state index in [9.17, 15) is 24.6 Å². The van der Waals surface area contributed by atoms with Gasteiger partial charge in [0, 0.05) is 24.4 Å². The van der Waals surface area contributed by atoms with Gasteiger partial charge < -0.3 is 29.3 Å². The van der Waals surface area contributed by atoms with Gasteiger partial charge in [0.2, 0.25) is 5.91 Å². The number of hydrogen-bond acceptors (Lipinski definition) is 8. The molecule has 1 aromatic carbocycles. The van der Waals surface area contributed by atoms with E-state index >= 15 is 0 Å². The molecule has 1 aromatic rings. The van der Waals surface area contributed by atoms with Crippen molar-refractivity contribution in [3.63, 3.8) is 0 Å². The number of benzene rings is 1. The van der Waals surface area contributed by atoms with Gasteiger partial charge in [-0.2, -0.15) is 0 Å². The molecule has 4 aliphatic rings. The van der Waals surface area contributed by atoms with E-state index in [0.29, 0.717) is 35.8 Å². The molecule has 0 aromatic heterocycles. The average molecular weight is 515 g/mol. The molecule has 37 heavy (non-hydrogen) atoms. The largest absolute Gasteiger partial charge is 0.493 e. The quantitative estimate of drug-likeness (QED) is 0.589. The molecule has 2 bridgehead atoms. The van der Waals surface area contributed by atoms with Crippen LogP contribution in [0.1, 0.15) is 51.2 Å². The van der Waals surface area contributed by atoms with Crippen LogP contribution in [0.4, 0.5) is 4.79 Å². The van der Waals surface area contributed by atoms with Crippen molar-refractivity contribution in [2.75, 3.05) is 20.7 Å². The monoisotopic (exact) mass is 514 g/mol. The molecular formula is C27H34N2O8. The predicted octanol–water partition coefficient (Wildman–Crippen LogP) is 2.46. The Bertz CT molecular complexity index is 1200. The number of imide groups is 1. The van der Waals surface area contributed by atoms with Gasteiger partial charge in [-0.25, -0.2) is 14.5 Å². The third-order valence-electron chi connectivity index (χ3n) is 8.69. The van der Waals surface area contributed by atoms with Gasteiger partial charge >= 0.3 is 12.1 Å². The molecule has 2 aliphatic carbocycles. The summed E-state index contributed by atoms with van der Waals surface area (Å²) in [4.78, 5) is 41.1. The highest BCUT2D eigenvalue weighted by Crippen LogP contribution is 2.65. The number of likely N-dealkylation sites (N-methyl/N-ethyl adjacent to an activating group) is 1. The molecule has 0 saturated carbocycles. The Balaban J connectivity index is 1.59. The molecule has 1 spiro atoms. The minimum Gasteiger partial charge on any atom is -0.493 e. The van der Waals surface area contributed by atoms with Crippen LogP contribution in [0.15, 0.2) is 24.0 Å². The number of likely N-dealkylation sites (tertiary alicyclic amines) is 1. The highest BCUT2D eigenvalue weighted by atomic mass is 16.6. The summed E-state index contributed by atoms with van der Waals surface area (Å²) in [5.74, 6) is -1.23. The Morgan fingerprint density at radius 2 is 2.03 bits per heavy atom. The van der Waals surface area contributed by atoms with Crippen LogP contribution < -0.4 is 9.47 Å². The minimum absolute atomic E-state index is 0.0612. The van der Waals surface area contributed by atoms with Crippen LogP contribution >= 0.6 is 0 Å². The minimum atomic E-state index is -1.38. The third kappa shape index (κ3) is 3.34. The maximum Gasteiger partial charge on any atom is 0.422 e. The van der Waals surface area contributed by atoms with Crippen LogP contribution in [0.3, 0.4) is 0 Å². The Morgan fingerprint density at radius 1 is 1.30 bits per heavy atom. The molecule has 1 saturated heterocycles. The summed E-state index contributed by atoms with van der Waals surface area (Å²) >= 11 is 0. The van der Waals surface area contributed by atoms with Crippen molar-refractivity contribution in [1.82, 2.24) is 9.80 Å². The number of ether oxygens (including phenoxy) is 3. The summed E-state index contributed by atoms with van der Waals surface area (Å²) in [6, 6.07) is 2.31. The molecule has 2 heterocycles. The molecule has 2 aliphatic heterocycles. The van der Waals surface area contributed by atoms with Gasteiger partial charge in [-0.15, -0.1) is 0 Å². The summed E-state index contributed by atoms with van der Waals surface area (Å²) < 4.78 is 17.9. The smallest absolute Gasteiger partial charge is 0.422 e. The zero-order valence-corrected chi connectivity index (χ0v) is 21.8. The first-order valence-electron chi connectivity index (χ1n) is 12.8. The van der Waals surface area contributed by atoms with Gasteiger partial charge in [0.25, 0.3) is 0 Å². The van der Waals surface area contributed by atoms with Gasteiger partial charge in [0.05, 0.1) is 18.1 Å². The number of methoxy groups -OCH3 is 1. The number of amides is 2. The fourth-order valence-corrected chi connectivity index (χ4v) is 6.97. The summed E-state index contributed by atoms with van der Waals surface area (Å²) in [6.45, 7) is 5.53. The van der Waals surface area contributed by atoms with Crippen molar-refractivity contribution in [2.24, 2.45) is 5.92 Å². The fraction of sp³-hybridized carbons (Fsp3) is 0.593. The molecule has 0 radical (unpaired) electrons. The lowest BCUT2D eigenvalue weighted by Crippen LogP contribution is -2.74.